The Kier molecular flexibility index (Phi) is 6.49. The van der Waals surface area contributed by atoms with Gasteiger partial charge in [-0.25, -0.2) is 14.3 Å². The summed E-state index contributed by atoms with van der Waals surface area (Å²) in [6.07, 6.45) is 0.723. The molecule has 148 valence electrons. The van der Waals surface area contributed by atoms with E-state index in [1.54, 1.807) is 14.2 Å². The van der Waals surface area contributed by atoms with Crippen molar-refractivity contribution in [1.29, 1.82) is 0 Å². The summed E-state index contributed by atoms with van der Waals surface area (Å²) >= 11 is 1.53. The number of nitrogens with zero attached hydrogens (tertiary/aromatic N) is 3. The third-order valence-electron chi connectivity index (χ3n) is 4.25. The summed E-state index contributed by atoms with van der Waals surface area (Å²) in [5, 5.41) is 11.9. The van der Waals surface area contributed by atoms with E-state index in [-0.39, 0.29) is 11.7 Å². The molecule has 0 saturated carbocycles. The minimum absolute atomic E-state index is 0.204. The van der Waals surface area contributed by atoms with Crippen LogP contribution >= 0.6 is 11.3 Å². The largest absolute Gasteiger partial charge is 0.497 e. The summed E-state index contributed by atoms with van der Waals surface area (Å²) in [6.45, 7) is 1.14. The summed E-state index contributed by atoms with van der Waals surface area (Å²) in [6, 6.07) is 11.3. The van der Waals surface area contributed by atoms with E-state index in [1.165, 1.54) is 20.6 Å². The van der Waals surface area contributed by atoms with E-state index in [1.807, 2.05) is 41.8 Å². The summed E-state index contributed by atoms with van der Waals surface area (Å²) in [4.78, 5) is 25.1. The fourth-order valence-electron chi connectivity index (χ4n) is 2.70. The van der Waals surface area contributed by atoms with Gasteiger partial charge in [0.2, 0.25) is 0 Å². The first-order chi connectivity index (χ1) is 13.6. The Bertz CT molecular complexity index is 961. The number of thiophene rings is 1. The number of rotatable bonds is 8. The number of hydrogen-bond acceptors (Lipinski definition) is 5. The summed E-state index contributed by atoms with van der Waals surface area (Å²) < 4.78 is 8.00. The third-order valence-corrected chi connectivity index (χ3v) is 5.12. The zero-order chi connectivity index (χ0) is 19.9. The molecular formula is C19H23N5O3S. The number of urea groups is 1. The highest BCUT2D eigenvalue weighted by molar-refractivity contribution is 7.13. The Morgan fingerprint density at radius 2 is 1.93 bits per heavy atom. The molecule has 0 aliphatic heterocycles. The third kappa shape index (κ3) is 4.80. The maximum absolute atomic E-state index is 12.3. The highest BCUT2D eigenvalue weighted by Crippen LogP contribution is 2.20. The molecule has 28 heavy (non-hydrogen) atoms. The number of aromatic nitrogens is 3. The van der Waals surface area contributed by atoms with Crippen LogP contribution in [0.4, 0.5) is 4.79 Å². The number of benzene rings is 1. The van der Waals surface area contributed by atoms with E-state index in [9.17, 15) is 9.59 Å². The minimum Gasteiger partial charge on any atom is -0.497 e. The SMILES string of the molecule is COc1ccc(CCNC(=O)NCCn2nc(-c3cccs3)n(C)c2=O)cc1. The van der Waals surface area contributed by atoms with Crippen LogP contribution in [-0.2, 0) is 20.0 Å². The molecule has 0 unspecified atom stereocenters. The van der Waals surface area contributed by atoms with Gasteiger partial charge in [-0.3, -0.25) is 4.57 Å². The summed E-state index contributed by atoms with van der Waals surface area (Å²) in [5.74, 6) is 1.44. The lowest BCUT2D eigenvalue weighted by atomic mass is 10.1. The van der Waals surface area contributed by atoms with E-state index >= 15 is 0 Å². The smallest absolute Gasteiger partial charge is 0.346 e. The van der Waals surface area contributed by atoms with Gasteiger partial charge in [0, 0.05) is 20.1 Å². The van der Waals surface area contributed by atoms with E-state index in [4.69, 9.17) is 4.74 Å². The van der Waals surface area contributed by atoms with Gasteiger partial charge in [-0.15, -0.1) is 16.4 Å². The van der Waals surface area contributed by atoms with Crippen molar-refractivity contribution < 1.29 is 9.53 Å². The molecule has 0 atom stereocenters. The van der Waals surface area contributed by atoms with Crippen molar-refractivity contribution in [2.45, 2.75) is 13.0 Å². The molecule has 3 rings (SSSR count). The molecule has 3 aromatic rings. The average Bonchev–Trinajstić information content (AvgIpc) is 3.33. The van der Waals surface area contributed by atoms with Crippen molar-refractivity contribution in [2.75, 3.05) is 20.2 Å². The summed E-state index contributed by atoms with van der Waals surface area (Å²) in [7, 11) is 3.32. The quantitative estimate of drug-likeness (QED) is 0.603. The first kappa shape index (κ1) is 19.7. The van der Waals surface area contributed by atoms with Crippen LogP contribution in [0.15, 0.2) is 46.6 Å². The fourth-order valence-corrected chi connectivity index (χ4v) is 3.45. The summed E-state index contributed by atoms with van der Waals surface area (Å²) in [5.41, 5.74) is 0.910. The second-order valence-corrected chi connectivity index (χ2v) is 7.09. The molecule has 0 saturated heterocycles. The Morgan fingerprint density at radius 3 is 2.61 bits per heavy atom. The molecule has 2 heterocycles. The number of ether oxygens (including phenoxy) is 1. The van der Waals surface area contributed by atoms with Crippen LogP contribution in [0.1, 0.15) is 5.56 Å². The predicted octanol–water partition coefficient (Wildman–Crippen LogP) is 1.86. The number of amides is 2. The number of methoxy groups -OCH3 is 1. The molecule has 1 aromatic carbocycles. The highest BCUT2D eigenvalue weighted by atomic mass is 32.1. The molecule has 9 heteroatoms. The van der Waals surface area contributed by atoms with Crippen molar-refractivity contribution >= 4 is 17.4 Å². The van der Waals surface area contributed by atoms with Gasteiger partial charge < -0.3 is 15.4 Å². The van der Waals surface area contributed by atoms with Gasteiger partial charge in [-0.05, 0) is 35.6 Å². The maximum Gasteiger partial charge on any atom is 0.346 e. The van der Waals surface area contributed by atoms with E-state index in [0.29, 0.717) is 25.5 Å². The molecule has 0 radical (unpaired) electrons. The molecule has 0 spiro atoms. The average molecular weight is 401 g/mol. The highest BCUT2D eigenvalue weighted by Gasteiger charge is 2.12. The van der Waals surface area contributed by atoms with Gasteiger partial charge in [0.1, 0.15) is 5.75 Å². The van der Waals surface area contributed by atoms with Crippen LogP contribution in [0, 0.1) is 0 Å². The standard InChI is InChI=1S/C19H23N5O3S/c1-23-17(16-4-3-13-28-16)22-24(19(23)26)12-11-21-18(25)20-10-9-14-5-7-15(27-2)8-6-14/h3-8,13H,9-12H2,1-2H3,(H2,20,21,25). The van der Waals surface area contributed by atoms with Crippen LogP contribution in [0.5, 0.6) is 5.75 Å². The molecular weight excluding hydrogens is 378 g/mol. The van der Waals surface area contributed by atoms with Gasteiger partial charge in [-0.1, -0.05) is 18.2 Å². The molecule has 0 bridgehead atoms. The zero-order valence-corrected chi connectivity index (χ0v) is 16.7. The van der Waals surface area contributed by atoms with Gasteiger partial charge >= 0.3 is 11.7 Å². The van der Waals surface area contributed by atoms with E-state index in [0.717, 1.165) is 22.6 Å². The molecule has 8 nitrogen and oxygen atoms in total. The predicted molar refractivity (Wildman–Crippen MR) is 109 cm³/mol. The van der Waals surface area contributed by atoms with Crippen LogP contribution in [0.3, 0.4) is 0 Å². The molecule has 2 N–H and O–H groups in total. The lowest BCUT2D eigenvalue weighted by Gasteiger charge is -2.08. The maximum atomic E-state index is 12.3. The Hall–Kier alpha value is -3.07. The van der Waals surface area contributed by atoms with Crippen molar-refractivity contribution in [3.63, 3.8) is 0 Å². The Balaban J connectivity index is 1.43. The second-order valence-electron chi connectivity index (χ2n) is 6.15. The topological polar surface area (TPSA) is 90.2 Å². The van der Waals surface area contributed by atoms with Crippen molar-refractivity contribution in [1.82, 2.24) is 25.0 Å². The van der Waals surface area contributed by atoms with Crippen LogP contribution in [0.2, 0.25) is 0 Å². The van der Waals surface area contributed by atoms with Crippen LogP contribution < -0.4 is 21.1 Å². The number of nitrogens with one attached hydrogen (secondary N) is 2. The lowest BCUT2D eigenvalue weighted by molar-refractivity contribution is 0.240. The number of carbonyl (C=O) groups excluding carboxylic acids is 1. The lowest BCUT2D eigenvalue weighted by Crippen LogP contribution is -2.39. The monoisotopic (exact) mass is 401 g/mol. The number of carbonyl (C=O) groups is 1. The van der Waals surface area contributed by atoms with Crippen molar-refractivity contribution in [3.8, 4) is 16.5 Å². The molecule has 0 aliphatic carbocycles. The van der Waals surface area contributed by atoms with Gasteiger partial charge in [0.25, 0.3) is 0 Å². The van der Waals surface area contributed by atoms with Gasteiger partial charge in [0.15, 0.2) is 5.82 Å². The van der Waals surface area contributed by atoms with E-state index < -0.39 is 0 Å². The molecule has 2 amide bonds. The minimum atomic E-state index is -0.268. The first-order valence-electron chi connectivity index (χ1n) is 8.91. The van der Waals surface area contributed by atoms with Crippen molar-refractivity contribution in [2.24, 2.45) is 7.05 Å². The second kappa shape index (κ2) is 9.23. The number of hydrogen-bond donors (Lipinski definition) is 2. The Morgan fingerprint density at radius 1 is 1.18 bits per heavy atom. The fraction of sp³-hybridized carbons (Fsp3) is 0.316. The molecule has 0 aliphatic rings. The van der Waals surface area contributed by atoms with Crippen molar-refractivity contribution in [3.05, 3.63) is 57.8 Å². The van der Waals surface area contributed by atoms with Crippen LogP contribution in [0.25, 0.3) is 10.7 Å². The van der Waals surface area contributed by atoms with Gasteiger partial charge in [0.05, 0.1) is 18.5 Å². The van der Waals surface area contributed by atoms with Gasteiger partial charge in [-0.2, -0.15) is 0 Å². The Labute approximate surface area is 166 Å². The molecule has 0 fully saturated rings. The van der Waals surface area contributed by atoms with Crippen LogP contribution in [-0.4, -0.2) is 40.6 Å². The normalized spacial score (nSPS) is 10.6. The van der Waals surface area contributed by atoms with E-state index in [2.05, 4.69) is 15.7 Å². The molecule has 2 aromatic heterocycles. The first-order valence-corrected chi connectivity index (χ1v) is 9.79. The zero-order valence-electron chi connectivity index (χ0n) is 15.8.